The monoisotopic (exact) mass is 518 g/mol. The Morgan fingerprint density at radius 3 is 2.50 bits per heavy atom. The molecule has 2 aliphatic heterocycles. The Labute approximate surface area is 213 Å². The summed E-state index contributed by atoms with van der Waals surface area (Å²) < 4.78 is 54.5. The van der Waals surface area contributed by atoms with Crippen LogP contribution < -0.4 is 0 Å². The molecule has 3 rings (SSSR count). The second-order valence-electron chi connectivity index (χ2n) is 10.4. The molecule has 9 heteroatoms. The molecule has 3 aliphatic rings. The van der Waals surface area contributed by atoms with E-state index < -0.39 is 54.1 Å². The lowest BCUT2D eigenvalue weighted by Gasteiger charge is -2.39. The highest BCUT2D eigenvalue weighted by Crippen LogP contribution is 2.50. The summed E-state index contributed by atoms with van der Waals surface area (Å²) in [6.45, 7) is 3.95. The molecule has 0 aromatic carbocycles. The van der Waals surface area contributed by atoms with Crippen molar-refractivity contribution in [3.63, 3.8) is 0 Å². The lowest BCUT2D eigenvalue weighted by molar-refractivity contribution is -0.187. The van der Waals surface area contributed by atoms with Gasteiger partial charge in [0.25, 0.3) is 5.92 Å². The van der Waals surface area contributed by atoms with Gasteiger partial charge in [-0.05, 0) is 56.6 Å². The predicted octanol–water partition coefficient (Wildman–Crippen LogP) is 4.30. The van der Waals surface area contributed by atoms with Crippen molar-refractivity contribution < 1.29 is 43.0 Å². The molecule has 208 valence electrons. The summed E-state index contributed by atoms with van der Waals surface area (Å²) in [6.07, 6.45) is 7.70. The third-order valence-corrected chi connectivity index (χ3v) is 7.89. The van der Waals surface area contributed by atoms with Crippen LogP contribution in [0.1, 0.15) is 71.6 Å². The molecule has 1 aliphatic carbocycles. The lowest BCUT2D eigenvalue weighted by atomic mass is 9.73. The molecule has 0 aromatic heterocycles. The number of unbranched alkanes of at least 4 members (excludes halogenated alkanes) is 2. The second-order valence-corrected chi connectivity index (χ2v) is 10.4. The van der Waals surface area contributed by atoms with Gasteiger partial charge in [0.1, 0.15) is 6.10 Å². The van der Waals surface area contributed by atoms with Crippen molar-refractivity contribution in [1.29, 1.82) is 0 Å². The molecule has 3 N–H and O–H groups in total. The summed E-state index contributed by atoms with van der Waals surface area (Å²) in [5, 5.41) is 30.5. The minimum absolute atomic E-state index is 0.0173. The SMILES string of the molecule is CCCCCC1(CC[C@H]2C(O[C@@H]3C=CC=CO3)C[C@H](O)[C@H]2C(CCCO)C(F)(F)C(C)O)OCCO1. The van der Waals surface area contributed by atoms with Crippen molar-refractivity contribution in [2.45, 2.75) is 108 Å². The zero-order valence-electron chi connectivity index (χ0n) is 21.6. The van der Waals surface area contributed by atoms with Gasteiger partial charge in [0.15, 0.2) is 5.79 Å². The highest BCUT2D eigenvalue weighted by Gasteiger charge is 2.56. The minimum atomic E-state index is -3.43. The van der Waals surface area contributed by atoms with Crippen LogP contribution in [0.15, 0.2) is 24.5 Å². The standard InChI is InChI=1S/C27H44F2O7/c1-3-4-6-12-26(34-16-17-35-26)13-11-20-23(36-24-10-5-7-15-33-24)18-22(32)25(20)21(9-8-14-30)27(28,29)19(2)31/h5,7,10,15,19-25,30-32H,3-4,6,8-9,11-14,16-18H2,1-2H3/t19?,20-,21?,22-,23?,24+,25+/m0/s1. The van der Waals surface area contributed by atoms with Gasteiger partial charge in [0.2, 0.25) is 6.29 Å². The van der Waals surface area contributed by atoms with Gasteiger partial charge >= 0.3 is 0 Å². The van der Waals surface area contributed by atoms with E-state index >= 15 is 8.78 Å². The Kier molecular flexibility index (Phi) is 11.1. The van der Waals surface area contributed by atoms with E-state index in [1.165, 1.54) is 6.26 Å². The van der Waals surface area contributed by atoms with Gasteiger partial charge in [-0.25, -0.2) is 8.78 Å². The highest BCUT2D eigenvalue weighted by molar-refractivity contribution is 5.06. The predicted molar refractivity (Wildman–Crippen MR) is 130 cm³/mol. The minimum Gasteiger partial charge on any atom is -0.469 e. The van der Waals surface area contributed by atoms with Crippen LogP contribution in [0.4, 0.5) is 8.78 Å². The van der Waals surface area contributed by atoms with Crippen LogP contribution in [0.2, 0.25) is 0 Å². The van der Waals surface area contributed by atoms with E-state index in [0.717, 1.165) is 32.6 Å². The fourth-order valence-electron chi connectivity index (χ4n) is 6.03. The summed E-state index contributed by atoms with van der Waals surface area (Å²) in [4.78, 5) is 0. The number of aliphatic hydroxyl groups is 3. The van der Waals surface area contributed by atoms with Crippen LogP contribution in [0, 0.1) is 17.8 Å². The summed E-state index contributed by atoms with van der Waals surface area (Å²) in [6, 6.07) is 0. The first-order valence-corrected chi connectivity index (χ1v) is 13.5. The van der Waals surface area contributed by atoms with E-state index in [-0.39, 0.29) is 25.9 Å². The van der Waals surface area contributed by atoms with Crippen molar-refractivity contribution in [3.05, 3.63) is 24.5 Å². The normalized spacial score (nSPS) is 31.5. The van der Waals surface area contributed by atoms with Crippen LogP contribution in [-0.4, -0.2) is 71.5 Å². The van der Waals surface area contributed by atoms with Crippen molar-refractivity contribution in [3.8, 4) is 0 Å². The Hall–Kier alpha value is -1.10. The van der Waals surface area contributed by atoms with Crippen molar-refractivity contribution in [1.82, 2.24) is 0 Å². The number of rotatable bonds is 15. The molecule has 3 unspecified atom stereocenters. The molecular formula is C27H44F2O7. The van der Waals surface area contributed by atoms with Gasteiger partial charge in [-0.2, -0.15) is 0 Å². The molecule has 0 amide bonds. The largest absolute Gasteiger partial charge is 0.469 e. The quantitative estimate of drug-likeness (QED) is 0.278. The molecule has 1 saturated carbocycles. The topological polar surface area (TPSA) is 97.6 Å². The fraction of sp³-hybridized carbons (Fsp3) is 0.852. The molecule has 7 nitrogen and oxygen atoms in total. The molecule has 2 heterocycles. The number of halogens is 2. The van der Waals surface area contributed by atoms with Crippen molar-refractivity contribution in [2.75, 3.05) is 19.8 Å². The Morgan fingerprint density at radius 1 is 1.14 bits per heavy atom. The van der Waals surface area contributed by atoms with Crippen LogP contribution in [0.3, 0.4) is 0 Å². The van der Waals surface area contributed by atoms with E-state index in [2.05, 4.69) is 6.92 Å². The third kappa shape index (κ3) is 7.26. The lowest BCUT2D eigenvalue weighted by Crippen LogP contribution is -2.47. The highest BCUT2D eigenvalue weighted by atomic mass is 19.3. The average molecular weight is 519 g/mol. The maximum absolute atomic E-state index is 15.4. The maximum atomic E-state index is 15.4. The Balaban J connectivity index is 1.85. The molecule has 0 spiro atoms. The van der Waals surface area contributed by atoms with E-state index in [1.807, 2.05) is 0 Å². The Morgan fingerprint density at radius 2 is 1.89 bits per heavy atom. The van der Waals surface area contributed by atoms with Gasteiger partial charge in [-0.15, -0.1) is 0 Å². The molecule has 2 fully saturated rings. The number of ether oxygens (including phenoxy) is 4. The van der Waals surface area contributed by atoms with Crippen LogP contribution in [0.25, 0.3) is 0 Å². The second kappa shape index (κ2) is 13.6. The number of hydrogen-bond donors (Lipinski definition) is 3. The van der Waals surface area contributed by atoms with Crippen LogP contribution >= 0.6 is 0 Å². The van der Waals surface area contributed by atoms with E-state index in [0.29, 0.717) is 26.1 Å². The van der Waals surface area contributed by atoms with E-state index in [9.17, 15) is 15.3 Å². The summed E-state index contributed by atoms with van der Waals surface area (Å²) >= 11 is 0. The summed E-state index contributed by atoms with van der Waals surface area (Å²) in [5.74, 6) is -6.77. The molecule has 0 aromatic rings. The van der Waals surface area contributed by atoms with Gasteiger partial charge < -0.3 is 34.3 Å². The fourth-order valence-corrected chi connectivity index (χ4v) is 6.03. The number of aliphatic hydroxyl groups excluding tert-OH is 3. The number of alkyl halides is 2. The maximum Gasteiger partial charge on any atom is 0.276 e. The van der Waals surface area contributed by atoms with E-state index in [4.69, 9.17) is 18.9 Å². The summed E-state index contributed by atoms with van der Waals surface area (Å²) in [7, 11) is 0. The smallest absolute Gasteiger partial charge is 0.276 e. The molecule has 0 radical (unpaired) electrons. The number of hydrogen-bond acceptors (Lipinski definition) is 7. The first kappa shape index (κ1) is 29.5. The van der Waals surface area contributed by atoms with Crippen molar-refractivity contribution in [2.24, 2.45) is 17.8 Å². The zero-order valence-corrected chi connectivity index (χ0v) is 21.6. The third-order valence-electron chi connectivity index (χ3n) is 7.89. The van der Waals surface area contributed by atoms with Crippen LogP contribution in [-0.2, 0) is 18.9 Å². The van der Waals surface area contributed by atoms with Gasteiger partial charge in [0, 0.05) is 31.8 Å². The molecule has 36 heavy (non-hydrogen) atoms. The summed E-state index contributed by atoms with van der Waals surface area (Å²) in [5.41, 5.74) is 0. The van der Waals surface area contributed by atoms with E-state index in [1.54, 1.807) is 18.2 Å². The molecular weight excluding hydrogens is 474 g/mol. The Bertz CT molecular complexity index is 708. The van der Waals surface area contributed by atoms with Gasteiger partial charge in [-0.3, -0.25) is 0 Å². The zero-order chi connectivity index (χ0) is 26.2. The van der Waals surface area contributed by atoms with Crippen molar-refractivity contribution >= 4 is 0 Å². The molecule has 1 saturated heterocycles. The van der Waals surface area contributed by atoms with Crippen LogP contribution in [0.5, 0.6) is 0 Å². The van der Waals surface area contributed by atoms with Gasteiger partial charge in [-0.1, -0.05) is 25.8 Å². The first-order valence-electron chi connectivity index (χ1n) is 13.5. The van der Waals surface area contributed by atoms with Gasteiger partial charge in [0.05, 0.1) is 31.7 Å². The number of allylic oxidation sites excluding steroid dienone is 2. The first-order chi connectivity index (χ1) is 17.2. The average Bonchev–Trinajstić information content (AvgIpc) is 3.43. The molecule has 0 bridgehead atoms. The molecule has 7 atom stereocenters.